The van der Waals surface area contributed by atoms with Crippen molar-refractivity contribution in [3.63, 3.8) is 0 Å². The first-order valence-corrected chi connectivity index (χ1v) is 11.1. The minimum absolute atomic E-state index is 0.724. The molecule has 0 aromatic heterocycles. The molecule has 0 heterocycles. The molecule has 0 saturated heterocycles. The SMILES string of the molecule is C=C(/C=C\C)C(CC)C1CCCCC1CC.CC.CC.CC.CC. The molecular formula is C24H52. The van der Waals surface area contributed by atoms with Gasteiger partial charge in [-0.05, 0) is 37.5 Å². The molecule has 0 nitrogen and oxygen atoms in total. The number of hydrogen-bond acceptors (Lipinski definition) is 0. The Kier molecular flexibility index (Phi) is 35.6. The smallest absolute Gasteiger partial charge is 0.0140 e. The van der Waals surface area contributed by atoms with Gasteiger partial charge in [-0.15, -0.1) is 0 Å². The molecule has 0 aliphatic heterocycles. The zero-order valence-corrected chi connectivity index (χ0v) is 19.3. The molecular weight excluding hydrogens is 288 g/mol. The van der Waals surface area contributed by atoms with E-state index in [0.29, 0.717) is 0 Å². The van der Waals surface area contributed by atoms with Gasteiger partial charge in [-0.3, -0.25) is 0 Å². The van der Waals surface area contributed by atoms with Crippen molar-refractivity contribution in [1.82, 2.24) is 0 Å². The van der Waals surface area contributed by atoms with Crippen LogP contribution in [0.15, 0.2) is 24.3 Å². The summed E-state index contributed by atoms with van der Waals surface area (Å²) >= 11 is 0. The molecule has 1 rings (SSSR count). The fraction of sp³-hybridized carbons (Fsp3) is 0.833. The minimum Gasteiger partial charge on any atom is -0.0956 e. The normalized spacial score (nSPS) is 19.8. The first kappa shape index (κ1) is 31.3. The van der Waals surface area contributed by atoms with Crippen LogP contribution in [0.1, 0.15) is 115 Å². The van der Waals surface area contributed by atoms with Crippen molar-refractivity contribution in [1.29, 1.82) is 0 Å². The van der Waals surface area contributed by atoms with Gasteiger partial charge in [-0.2, -0.15) is 0 Å². The molecule has 0 N–H and O–H groups in total. The van der Waals surface area contributed by atoms with E-state index in [4.69, 9.17) is 0 Å². The number of allylic oxidation sites excluding steroid dienone is 3. The van der Waals surface area contributed by atoms with Crippen LogP contribution in [0.25, 0.3) is 0 Å². The van der Waals surface area contributed by atoms with Crippen LogP contribution in [-0.4, -0.2) is 0 Å². The van der Waals surface area contributed by atoms with E-state index in [1.807, 2.05) is 55.4 Å². The maximum Gasteiger partial charge on any atom is -0.0140 e. The molecule has 0 aromatic rings. The molecule has 1 fully saturated rings. The summed E-state index contributed by atoms with van der Waals surface area (Å²) < 4.78 is 0. The standard InChI is InChI=1S/C16H28.4C2H6/c1-5-10-13(4)15(7-3)16-12-9-8-11-14(16)6-2;4*1-2/h5,10,14-16H,4,6-9,11-12H2,1-3H3;4*1-2H3/b10-5-;;;;. The summed E-state index contributed by atoms with van der Waals surface area (Å²) in [5, 5.41) is 0. The van der Waals surface area contributed by atoms with Gasteiger partial charge in [0.2, 0.25) is 0 Å². The van der Waals surface area contributed by atoms with Crippen LogP contribution in [0.2, 0.25) is 0 Å². The largest absolute Gasteiger partial charge is 0.0956 e. The molecule has 0 spiro atoms. The minimum atomic E-state index is 0.724. The van der Waals surface area contributed by atoms with Crippen molar-refractivity contribution in [2.24, 2.45) is 17.8 Å². The highest BCUT2D eigenvalue weighted by Crippen LogP contribution is 2.41. The molecule has 0 aromatic carbocycles. The fourth-order valence-corrected chi connectivity index (χ4v) is 3.45. The van der Waals surface area contributed by atoms with Crippen molar-refractivity contribution in [2.75, 3.05) is 0 Å². The van der Waals surface area contributed by atoms with Crippen molar-refractivity contribution in [2.45, 2.75) is 115 Å². The first-order chi connectivity index (χ1) is 11.7. The maximum atomic E-state index is 4.27. The van der Waals surface area contributed by atoms with E-state index in [9.17, 15) is 0 Å². The van der Waals surface area contributed by atoms with E-state index in [2.05, 4.69) is 39.5 Å². The molecule has 3 atom stereocenters. The van der Waals surface area contributed by atoms with Gasteiger partial charge in [0, 0.05) is 0 Å². The van der Waals surface area contributed by atoms with Gasteiger partial charge in [0.15, 0.2) is 0 Å². The highest BCUT2D eigenvalue weighted by molar-refractivity contribution is 5.18. The predicted octanol–water partition coefficient (Wildman–Crippen LogP) is 9.47. The summed E-state index contributed by atoms with van der Waals surface area (Å²) in [6, 6.07) is 0. The molecule has 3 unspecified atom stereocenters. The van der Waals surface area contributed by atoms with E-state index < -0.39 is 0 Å². The van der Waals surface area contributed by atoms with Crippen LogP contribution >= 0.6 is 0 Å². The highest BCUT2D eigenvalue weighted by atomic mass is 14.3. The zero-order valence-electron chi connectivity index (χ0n) is 19.3. The van der Waals surface area contributed by atoms with E-state index in [1.54, 1.807) is 0 Å². The van der Waals surface area contributed by atoms with Crippen molar-refractivity contribution in [3.05, 3.63) is 24.3 Å². The van der Waals surface area contributed by atoms with Crippen LogP contribution in [0.5, 0.6) is 0 Å². The lowest BCUT2D eigenvalue weighted by molar-refractivity contribution is 0.173. The molecule has 0 bridgehead atoms. The Labute approximate surface area is 157 Å². The van der Waals surface area contributed by atoms with Crippen LogP contribution < -0.4 is 0 Å². The van der Waals surface area contributed by atoms with Gasteiger partial charge in [-0.25, -0.2) is 0 Å². The van der Waals surface area contributed by atoms with Crippen LogP contribution in [0.4, 0.5) is 0 Å². The lowest BCUT2D eigenvalue weighted by atomic mass is 9.68. The van der Waals surface area contributed by atoms with Gasteiger partial charge in [-0.1, -0.05) is 119 Å². The third-order valence-electron chi connectivity index (χ3n) is 4.31. The Bertz CT molecular complexity index is 236. The number of hydrogen-bond donors (Lipinski definition) is 0. The Balaban J connectivity index is -0.000000218. The monoisotopic (exact) mass is 340 g/mol. The summed E-state index contributed by atoms with van der Waals surface area (Å²) in [5.74, 6) is 2.56. The lowest BCUT2D eigenvalue weighted by Crippen LogP contribution is -2.27. The third-order valence-corrected chi connectivity index (χ3v) is 4.31. The third kappa shape index (κ3) is 13.9. The van der Waals surface area contributed by atoms with Gasteiger partial charge in [0.05, 0.1) is 0 Å². The maximum absolute atomic E-state index is 4.27. The van der Waals surface area contributed by atoms with Crippen LogP contribution in [0.3, 0.4) is 0 Å². The van der Waals surface area contributed by atoms with Gasteiger partial charge >= 0.3 is 0 Å². The van der Waals surface area contributed by atoms with Gasteiger partial charge < -0.3 is 0 Å². The van der Waals surface area contributed by atoms with Crippen molar-refractivity contribution in [3.8, 4) is 0 Å². The Morgan fingerprint density at radius 3 is 1.75 bits per heavy atom. The highest BCUT2D eigenvalue weighted by Gasteiger charge is 2.30. The molecule has 148 valence electrons. The second-order valence-electron chi connectivity index (χ2n) is 5.21. The first-order valence-electron chi connectivity index (χ1n) is 11.1. The van der Waals surface area contributed by atoms with Crippen molar-refractivity contribution < 1.29 is 0 Å². The second-order valence-corrected chi connectivity index (χ2v) is 5.21. The molecule has 0 amide bonds. The summed E-state index contributed by atoms with van der Waals surface area (Å²) in [5.41, 5.74) is 1.36. The van der Waals surface area contributed by atoms with Crippen LogP contribution in [-0.2, 0) is 0 Å². The van der Waals surface area contributed by atoms with Crippen molar-refractivity contribution >= 4 is 0 Å². The summed E-state index contributed by atoms with van der Waals surface area (Å²) in [6.07, 6.45) is 12.7. The van der Waals surface area contributed by atoms with Gasteiger partial charge in [0.25, 0.3) is 0 Å². The average molecular weight is 341 g/mol. The second kappa shape index (κ2) is 27.3. The summed E-state index contributed by atoms with van der Waals surface area (Å²) in [6.45, 7) is 27.0. The predicted molar refractivity (Wildman–Crippen MR) is 119 cm³/mol. The average Bonchev–Trinajstić information content (AvgIpc) is 2.69. The van der Waals surface area contributed by atoms with E-state index in [0.717, 1.165) is 17.8 Å². The Hall–Kier alpha value is -0.520. The Morgan fingerprint density at radius 1 is 0.917 bits per heavy atom. The zero-order chi connectivity index (χ0) is 20.0. The quantitative estimate of drug-likeness (QED) is 0.437. The summed E-state index contributed by atoms with van der Waals surface area (Å²) in [4.78, 5) is 0. The molecule has 0 radical (unpaired) electrons. The fourth-order valence-electron chi connectivity index (χ4n) is 3.45. The lowest BCUT2D eigenvalue weighted by Gasteiger charge is -2.37. The van der Waals surface area contributed by atoms with Gasteiger partial charge in [0.1, 0.15) is 0 Å². The Morgan fingerprint density at radius 2 is 1.38 bits per heavy atom. The molecule has 1 aliphatic rings. The molecule has 1 saturated carbocycles. The van der Waals surface area contributed by atoms with Crippen LogP contribution in [0, 0.1) is 17.8 Å². The topological polar surface area (TPSA) is 0 Å². The molecule has 1 aliphatic carbocycles. The molecule has 24 heavy (non-hydrogen) atoms. The summed E-state index contributed by atoms with van der Waals surface area (Å²) in [7, 11) is 0. The molecule has 0 heteroatoms. The van der Waals surface area contributed by atoms with E-state index in [1.165, 1.54) is 44.1 Å². The van der Waals surface area contributed by atoms with E-state index >= 15 is 0 Å². The van der Waals surface area contributed by atoms with E-state index in [-0.39, 0.29) is 0 Å². The number of rotatable bonds is 5.